The van der Waals surface area contributed by atoms with Gasteiger partial charge in [0.25, 0.3) is 0 Å². The summed E-state index contributed by atoms with van der Waals surface area (Å²) < 4.78 is 0. The Labute approximate surface area is 137 Å². The second-order valence-corrected chi connectivity index (χ2v) is 6.70. The molecule has 0 saturated heterocycles. The van der Waals surface area contributed by atoms with Gasteiger partial charge < -0.3 is 5.32 Å². The topological polar surface area (TPSA) is 29.1 Å². The third-order valence-electron chi connectivity index (χ3n) is 3.82. The number of amides is 1. The largest absolute Gasteiger partial charge is 0.355 e. The summed E-state index contributed by atoms with van der Waals surface area (Å²) >= 11 is 1.59. The van der Waals surface area contributed by atoms with Crippen LogP contribution in [0.3, 0.4) is 0 Å². The molecule has 1 atom stereocenters. The van der Waals surface area contributed by atoms with Crippen molar-refractivity contribution < 1.29 is 4.79 Å². The van der Waals surface area contributed by atoms with Crippen LogP contribution in [-0.2, 0) is 4.79 Å². The first-order chi connectivity index (χ1) is 10.6. The monoisotopic (exact) mass is 313 g/mol. The van der Waals surface area contributed by atoms with Gasteiger partial charge >= 0.3 is 0 Å². The number of carbonyl (C=O) groups is 1. The summed E-state index contributed by atoms with van der Waals surface area (Å²) in [5.74, 6) is 0.882. The van der Waals surface area contributed by atoms with E-state index in [1.807, 2.05) is 18.2 Å². The fraction of sp³-hybridized carbons (Fsp3) is 0.316. The molecule has 0 heterocycles. The maximum Gasteiger partial charge on any atom is 0.230 e. The fourth-order valence-electron chi connectivity index (χ4n) is 2.17. The molecule has 0 bridgehead atoms. The Hall–Kier alpha value is -1.74. The molecule has 0 unspecified atom stereocenters. The Balaban J connectivity index is 1.77. The highest BCUT2D eigenvalue weighted by molar-refractivity contribution is 8.00. The van der Waals surface area contributed by atoms with E-state index in [4.69, 9.17) is 0 Å². The van der Waals surface area contributed by atoms with Gasteiger partial charge in [0.15, 0.2) is 0 Å². The summed E-state index contributed by atoms with van der Waals surface area (Å²) in [5, 5.41) is 3.02. The third-order valence-corrected chi connectivity index (χ3v) is 4.82. The van der Waals surface area contributed by atoms with Crippen LogP contribution in [0.2, 0.25) is 0 Å². The predicted molar refractivity (Wildman–Crippen MR) is 94.5 cm³/mol. The van der Waals surface area contributed by atoms with Crippen molar-refractivity contribution in [3.63, 3.8) is 0 Å². The van der Waals surface area contributed by atoms with E-state index in [-0.39, 0.29) is 5.91 Å². The number of rotatable bonds is 6. The summed E-state index contributed by atoms with van der Waals surface area (Å²) in [7, 11) is 0. The van der Waals surface area contributed by atoms with Crippen molar-refractivity contribution in [2.45, 2.75) is 31.6 Å². The second kappa shape index (κ2) is 8.04. The van der Waals surface area contributed by atoms with Crippen LogP contribution in [0.25, 0.3) is 0 Å². The maximum atomic E-state index is 12.0. The van der Waals surface area contributed by atoms with Crippen molar-refractivity contribution in [2.75, 3.05) is 12.3 Å². The van der Waals surface area contributed by atoms with E-state index in [2.05, 4.69) is 56.4 Å². The molecular formula is C19H23NOS. The minimum Gasteiger partial charge on any atom is -0.355 e. The molecule has 1 N–H and O–H groups in total. The first-order valence-corrected chi connectivity index (χ1v) is 8.56. The zero-order valence-corrected chi connectivity index (χ0v) is 14.2. The molecule has 0 saturated carbocycles. The van der Waals surface area contributed by atoms with E-state index in [0.29, 0.717) is 18.2 Å². The predicted octanol–water partition coefficient (Wildman–Crippen LogP) is 4.32. The summed E-state index contributed by atoms with van der Waals surface area (Å²) in [4.78, 5) is 13.1. The smallest absolute Gasteiger partial charge is 0.230 e. The standard InChI is InChI=1S/C19H23NOS/c1-14-9-10-18(11-15(14)2)22-13-19(21)20-12-16(3)17-7-5-4-6-8-17/h4-11,16H,12-13H2,1-3H3,(H,20,21)/t16-/m1/s1. The van der Waals surface area contributed by atoms with Gasteiger partial charge in [0.05, 0.1) is 5.75 Å². The highest BCUT2D eigenvalue weighted by Crippen LogP contribution is 2.21. The van der Waals surface area contributed by atoms with Crippen LogP contribution in [-0.4, -0.2) is 18.2 Å². The first kappa shape index (κ1) is 16.6. The number of benzene rings is 2. The molecule has 0 radical (unpaired) electrons. The summed E-state index contributed by atoms with van der Waals surface area (Å²) in [6.07, 6.45) is 0. The van der Waals surface area contributed by atoms with Crippen molar-refractivity contribution in [1.82, 2.24) is 5.32 Å². The van der Waals surface area contributed by atoms with Gasteiger partial charge in [-0.3, -0.25) is 4.79 Å². The van der Waals surface area contributed by atoms with Gasteiger partial charge in [-0.1, -0.05) is 43.3 Å². The van der Waals surface area contributed by atoms with E-state index in [1.54, 1.807) is 11.8 Å². The molecule has 0 aliphatic rings. The molecule has 2 rings (SSSR count). The molecule has 0 aliphatic carbocycles. The quantitative estimate of drug-likeness (QED) is 0.805. The van der Waals surface area contributed by atoms with Crippen LogP contribution in [0.5, 0.6) is 0 Å². The number of thioether (sulfide) groups is 1. The van der Waals surface area contributed by atoms with E-state index in [0.717, 1.165) is 4.90 Å². The molecule has 0 aromatic heterocycles. The third kappa shape index (κ3) is 4.92. The average molecular weight is 313 g/mol. The van der Waals surface area contributed by atoms with Crippen LogP contribution < -0.4 is 5.32 Å². The summed E-state index contributed by atoms with van der Waals surface area (Å²) in [5.41, 5.74) is 3.80. The van der Waals surface area contributed by atoms with E-state index in [9.17, 15) is 4.79 Å². The molecule has 22 heavy (non-hydrogen) atoms. The Bertz CT molecular complexity index is 625. The van der Waals surface area contributed by atoms with E-state index >= 15 is 0 Å². The molecule has 3 heteroatoms. The molecule has 2 aromatic rings. The molecule has 0 spiro atoms. The Morgan fingerprint density at radius 2 is 1.82 bits per heavy atom. The fourth-order valence-corrected chi connectivity index (χ4v) is 2.99. The Kier molecular flexibility index (Phi) is 6.08. The lowest BCUT2D eigenvalue weighted by Crippen LogP contribution is -2.28. The number of carbonyl (C=O) groups excluding carboxylic acids is 1. The number of hydrogen-bond donors (Lipinski definition) is 1. The second-order valence-electron chi connectivity index (χ2n) is 5.65. The van der Waals surface area contributed by atoms with Crippen molar-refractivity contribution in [3.05, 3.63) is 65.2 Å². The lowest BCUT2D eigenvalue weighted by Gasteiger charge is -2.13. The van der Waals surface area contributed by atoms with Gasteiger partial charge in [0, 0.05) is 11.4 Å². The van der Waals surface area contributed by atoms with Gasteiger partial charge in [0.1, 0.15) is 0 Å². The number of hydrogen-bond acceptors (Lipinski definition) is 2. The Morgan fingerprint density at radius 3 is 2.50 bits per heavy atom. The van der Waals surface area contributed by atoms with Crippen molar-refractivity contribution >= 4 is 17.7 Å². The maximum absolute atomic E-state index is 12.0. The summed E-state index contributed by atoms with van der Waals surface area (Å²) in [6.45, 7) is 7.00. The first-order valence-electron chi connectivity index (χ1n) is 7.58. The zero-order chi connectivity index (χ0) is 15.9. The van der Waals surface area contributed by atoms with Gasteiger partial charge in [-0.05, 0) is 48.6 Å². The SMILES string of the molecule is Cc1ccc(SCC(=O)NC[C@@H](C)c2ccccc2)cc1C. The average Bonchev–Trinajstić information content (AvgIpc) is 2.54. The molecule has 0 aliphatic heterocycles. The van der Waals surface area contributed by atoms with Crippen molar-refractivity contribution in [2.24, 2.45) is 0 Å². The zero-order valence-electron chi connectivity index (χ0n) is 13.4. The number of nitrogens with one attached hydrogen (secondary N) is 1. The summed E-state index contributed by atoms with van der Waals surface area (Å²) in [6, 6.07) is 16.6. The van der Waals surface area contributed by atoms with Gasteiger partial charge in [-0.25, -0.2) is 0 Å². The highest BCUT2D eigenvalue weighted by atomic mass is 32.2. The van der Waals surface area contributed by atoms with Crippen LogP contribution in [0.1, 0.15) is 29.5 Å². The molecule has 2 nitrogen and oxygen atoms in total. The van der Waals surface area contributed by atoms with Crippen molar-refractivity contribution in [3.8, 4) is 0 Å². The minimum absolute atomic E-state index is 0.0889. The molecule has 2 aromatic carbocycles. The number of aryl methyl sites for hydroxylation is 2. The lowest BCUT2D eigenvalue weighted by molar-refractivity contribution is -0.118. The molecule has 116 valence electrons. The van der Waals surface area contributed by atoms with Crippen LogP contribution in [0.15, 0.2) is 53.4 Å². The van der Waals surface area contributed by atoms with Gasteiger partial charge in [-0.2, -0.15) is 0 Å². The normalized spacial score (nSPS) is 12.0. The van der Waals surface area contributed by atoms with Crippen LogP contribution in [0.4, 0.5) is 0 Å². The van der Waals surface area contributed by atoms with Gasteiger partial charge in [0.2, 0.25) is 5.91 Å². The van der Waals surface area contributed by atoms with E-state index in [1.165, 1.54) is 16.7 Å². The van der Waals surface area contributed by atoms with E-state index < -0.39 is 0 Å². The lowest BCUT2D eigenvalue weighted by atomic mass is 10.0. The molecule has 0 fully saturated rings. The highest BCUT2D eigenvalue weighted by Gasteiger charge is 2.08. The van der Waals surface area contributed by atoms with Crippen molar-refractivity contribution in [1.29, 1.82) is 0 Å². The Morgan fingerprint density at radius 1 is 1.09 bits per heavy atom. The van der Waals surface area contributed by atoms with Crippen LogP contribution >= 0.6 is 11.8 Å². The van der Waals surface area contributed by atoms with Crippen LogP contribution in [0, 0.1) is 13.8 Å². The minimum atomic E-state index is 0.0889. The molecular weight excluding hydrogens is 290 g/mol. The van der Waals surface area contributed by atoms with Gasteiger partial charge in [-0.15, -0.1) is 11.8 Å². The molecule has 1 amide bonds.